The number of aryl methyl sites for hydroxylation is 1. The van der Waals surface area contributed by atoms with Gasteiger partial charge in [0.15, 0.2) is 23.4 Å². The van der Waals surface area contributed by atoms with Crippen LogP contribution in [0.2, 0.25) is 0 Å². The molecule has 3 rings (SSSR count). The molecular formula is C21H20N2O5. The van der Waals surface area contributed by atoms with Crippen LogP contribution in [0.1, 0.15) is 36.5 Å². The third kappa shape index (κ3) is 4.62. The van der Waals surface area contributed by atoms with Crippen molar-refractivity contribution < 1.29 is 23.5 Å². The summed E-state index contributed by atoms with van der Waals surface area (Å²) in [6.07, 6.45) is -0.695. The van der Waals surface area contributed by atoms with Crippen LogP contribution in [0.25, 0.3) is 11.1 Å². The fourth-order valence-corrected chi connectivity index (χ4v) is 2.68. The zero-order valence-corrected chi connectivity index (χ0v) is 15.6. The Morgan fingerprint density at radius 1 is 1.11 bits per heavy atom. The van der Waals surface area contributed by atoms with Crippen LogP contribution in [0, 0.1) is 0 Å². The molecule has 0 aliphatic heterocycles. The van der Waals surface area contributed by atoms with E-state index in [0.717, 1.165) is 5.52 Å². The molecule has 0 radical (unpaired) electrons. The van der Waals surface area contributed by atoms with Crippen LogP contribution in [0.4, 0.5) is 5.69 Å². The lowest BCUT2D eigenvalue weighted by Gasteiger charge is -2.14. The van der Waals surface area contributed by atoms with Crippen LogP contribution in [-0.4, -0.2) is 28.7 Å². The Morgan fingerprint density at radius 3 is 2.57 bits per heavy atom. The van der Waals surface area contributed by atoms with Crippen molar-refractivity contribution in [3.05, 3.63) is 60.0 Å². The molecule has 0 bridgehead atoms. The minimum atomic E-state index is -1.00. The lowest BCUT2D eigenvalue weighted by molar-refractivity contribution is -0.153. The number of nitrogens with one attached hydrogen (secondary N) is 1. The van der Waals surface area contributed by atoms with Gasteiger partial charge in [-0.25, -0.2) is 4.98 Å². The Kier molecular flexibility index (Phi) is 5.84. The zero-order valence-electron chi connectivity index (χ0n) is 15.6. The zero-order chi connectivity index (χ0) is 20.1. The number of rotatable bonds is 7. The Bertz CT molecular complexity index is 991. The maximum absolute atomic E-state index is 12.3. The number of anilines is 1. The number of fused-ring (bicyclic) bond motifs is 1. The summed E-state index contributed by atoms with van der Waals surface area (Å²) in [5, 5.41) is 2.62. The standard InChI is InChI=1S/C21H20N2O5/c1-13(24)15-7-3-4-8-16(15)23-21(26)14(2)27-20(25)12-11-19-22-17-9-5-6-10-18(17)28-19/h3-10,14H,11-12H2,1-2H3,(H,23,26)/t14-/m1/s1. The predicted molar refractivity (Wildman–Crippen MR) is 103 cm³/mol. The molecule has 144 valence electrons. The lowest BCUT2D eigenvalue weighted by atomic mass is 10.1. The summed E-state index contributed by atoms with van der Waals surface area (Å²) in [6.45, 7) is 2.89. The minimum Gasteiger partial charge on any atom is -0.453 e. The molecule has 0 aliphatic rings. The Labute approximate surface area is 161 Å². The third-order valence-corrected chi connectivity index (χ3v) is 4.12. The number of para-hydroxylation sites is 3. The first-order valence-corrected chi connectivity index (χ1v) is 8.89. The molecule has 1 N–H and O–H groups in total. The van der Waals surface area contributed by atoms with Crippen molar-refractivity contribution >= 4 is 34.4 Å². The normalized spacial score (nSPS) is 11.8. The number of Topliss-reactive ketones (excluding diaryl/α,β-unsaturated/α-hetero) is 1. The smallest absolute Gasteiger partial charge is 0.307 e. The van der Waals surface area contributed by atoms with Gasteiger partial charge in [-0.15, -0.1) is 0 Å². The van der Waals surface area contributed by atoms with Crippen LogP contribution >= 0.6 is 0 Å². The molecule has 0 saturated heterocycles. The van der Waals surface area contributed by atoms with E-state index in [1.807, 2.05) is 18.2 Å². The van der Waals surface area contributed by atoms with Gasteiger partial charge < -0.3 is 14.5 Å². The first-order valence-electron chi connectivity index (χ1n) is 8.89. The second-order valence-electron chi connectivity index (χ2n) is 6.30. The number of esters is 1. The van der Waals surface area contributed by atoms with Crippen molar-refractivity contribution in [3.8, 4) is 0 Å². The van der Waals surface area contributed by atoms with Crippen molar-refractivity contribution in [2.45, 2.75) is 32.8 Å². The average molecular weight is 380 g/mol. The van der Waals surface area contributed by atoms with Crippen LogP contribution in [0.15, 0.2) is 52.9 Å². The Balaban J connectivity index is 1.53. The quantitative estimate of drug-likeness (QED) is 0.497. The number of aromatic nitrogens is 1. The van der Waals surface area contributed by atoms with E-state index in [9.17, 15) is 14.4 Å². The van der Waals surface area contributed by atoms with Gasteiger partial charge in [0.2, 0.25) is 0 Å². The maximum Gasteiger partial charge on any atom is 0.307 e. The van der Waals surface area contributed by atoms with Gasteiger partial charge in [0, 0.05) is 12.0 Å². The van der Waals surface area contributed by atoms with Gasteiger partial charge in [0.1, 0.15) is 5.52 Å². The number of amides is 1. The molecule has 2 aromatic carbocycles. The highest BCUT2D eigenvalue weighted by atomic mass is 16.5. The van der Waals surface area contributed by atoms with Crippen molar-refractivity contribution in [1.29, 1.82) is 0 Å². The summed E-state index contributed by atoms with van der Waals surface area (Å²) in [7, 11) is 0. The first-order chi connectivity index (χ1) is 13.4. The van der Waals surface area contributed by atoms with Gasteiger partial charge in [0.25, 0.3) is 5.91 Å². The number of ketones is 1. The van der Waals surface area contributed by atoms with Crippen LogP contribution in [0.5, 0.6) is 0 Å². The molecule has 0 spiro atoms. The van der Waals surface area contributed by atoms with Crippen LogP contribution in [0.3, 0.4) is 0 Å². The summed E-state index contributed by atoms with van der Waals surface area (Å²) in [5.41, 5.74) is 2.16. The number of nitrogens with zero attached hydrogens (tertiary/aromatic N) is 1. The second-order valence-corrected chi connectivity index (χ2v) is 6.30. The molecular weight excluding hydrogens is 360 g/mol. The largest absolute Gasteiger partial charge is 0.453 e. The van der Waals surface area contributed by atoms with Crippen molar-refractivity contribution in [1.82, 2.24) is 4.98 Å². The summed E-state index contributed by atoms with van der Waals surface area (Å²) in [4.78, 5) is 40.3. The molecule has 0 fully saturated rings. The van der Waals surface area contributed by atoms with Gasteiger partial charge in [-0.3, -0.25) is 14.4 Å². The van der Waals surface area contributed by atoms with Crippen LogP contribution < -0.4 is 5.32 Å². The Hall–Kier alpha value is -3.48. The molecule has 7 nitrogen and oxygen atoms in total. The number of hydrogen-bond acceptors (Lipinski definition) is 6. The molecule has 28 heavy (non-hydrogen) atoms. The highest BCUT2D eigenvalue weighted by Crippen LogP contribution is 2.17. The first kappa shape index (κ1) is 19.3. The summed E-state index contributed by atoms with van der Waals surface area (Å²) >= 11 is 0. The predicted octanol–water partition coefficient (Wildman–Crippen LogP) is 3.53. The van der Waals surface area contributed by atoms with Gasteiger partial charge >= 0.3 is 5.97 Å². The highest BCUT2D eigenvalue weighted by molar-refractivity contribution is 6.04. The van der Waals surface area contributed by atoms with E-state index in [-0.39, 0.29) is 18.6 Å². The van der Waals surface area contributed by atoms with Crippen molar-refractivity contribution in [2.24, 2.45) is 0 Å². The van der Waals surface area contributed by atoms with E-state index in [1.54, 1.807) is 30.3 Å². The fraction of sp³-hybridized carbons (Fsp3) is 0.238. The van der Waals surface area contributed by atoms with Crippen molar-refractivity contribution in [3.63, 3.8) is 0 Å². The summed E-state index contributed by atoms with van der Waals surface area (Å²) in [5.74, 6) is -0.779. The minimum absolute atomic E-state index is 0.0362. The lowest BCUT2D eigenvalue weighted by Crippen LogP contribution is -2.30. The molecule has 0 aliphatic carbocycles. The van der Waals surface area contributed by atoms with E-state index in [1.165, 1.54) is 13.8 Å². The topological polar surface area (TPSA) is 98.5 Å². The number of hydrogen-bond donors (Lipinski definition) is 1. The molecule has 7 heteroatoms. The maximum atomic E-state index is 12.3. The Morgan fingerprint density at radius 2 is 1.82 bits per heavy atom. The van der Waals surface area contributed by atoms with Gasteiger partial charge in [-0.1, -0.05) is 24.3 Å². The second kappa shape index (κ2) is 8.47. The number of oxazole rings is 1. The van der Waals surface area contributed by atoms with E-state index in [4.69, 9.17) is 9.15 Å². The molecule has 0 saturated carbocycles. The molecule has 1 heterocycles. The van der Waals surface area contributed by atoms with E-state index < -0.39 is 18.0 Å². The molecule has 1 amide bonds. The number of carbonyl (C=O) groups excluding carboxylic acids is 3. The molecule has 3 aromatic rings. The average Bonchev–Trinajstić information content (AvgIpc) is 3.09. The van der Waals surface area contributed by atoms with E-state index in [2.05, 4.69) is 10.3 Å². The van der Waals surface area contributed by atoms with Crippen molar-refractivity contribution in [2.75, 3.05) is 5.32 Å². The molecule has 1 atom stereocenters. The number of ether oxygens (including phenoxy) is 1. The SMILES string of the molecule is CC(=O)c1ccccc1NC(=O)[C@@H](C)OC(=O)CCc1nc2ccccc2o1. The number of benzene rings is 2. The summed E-state index contributed by atoms with van der Waals surface area (Å²) < 4.78 is 10.7. The monoisotopic (exact) mass is 380 g/mol. The summed E-state index contributed by atoms with van der Waals surface area (Å²) in [6, 6.07) is 14.0. The van der Waals surface area contributed by atoms with Gasteiger partial charge in [-0.2, -0.15) is 0 Å². The fourth-order valence-electron chi connectivity index (χ4n) is 2.68. The molecule has 1 aromatic heterocycles. The number of carbonyl (C=O) groups is 3. The van der Waals surface area contributed by atoms with E-state index in [0.29, 0.717) is 22.7 Å². The molecule has 0 unspecified atom stereocenters. The van der Waals surface area contributed by atoms with Crippen LogP contribution in [-0.2, 0) is 20.7 Å². The highest BCUT2D eigenvalue weighted by Gasteiger charge is 2.20. The van der Waals surface area contributed by atoms with E-state index >= 15 is 0 Å². The van der Waals surface area contributed by atoms with Gasteiger partial charge in [-0.05, 0) is 38.1 Å². The van der Waals surface area contributed by atoms with Gasteiger partial charge in [0.05, 0.1) is 12.1 Å². The third-order valence-electron chi connectivity index (χ3n) is 4.12.